The van der Waals surface area contributed by atoms with Crippen LogP contribution < -0.4 is 10.1 Å². The van der Waals surface area contributed by atoms with Crippen LogP contribution in [0.5, 0.6) is 5.75 Å². The molecule has 0 aliphatic rings. The summed E-state index contributed by atoms with van der Waals surface area (Å²) in [7, 11) is 0. The Hall–Kier alpha value is -2.79. The highest BCUT2D eigenvalue weighted by Gasteiger charge is 2.10. The Morgan fingerprint density at radius 2 is 1.92 bits per heavy atom. The van der Waals surface area contributed by atoms with E-state index in [0.717, 1.165) is 11.1 Å². The minimum atomic E-state index is -0.245. The van der Waals surface area contributed by atoms with Crippen LogP contribution in [-0.2, 0) is 11.3 Å². The van der Waals surface area contributed by atoms with E-state index < -0.39 is 0 Å². The van der Waals surface area contributed by atoms with Crippen molar-refractivity contribution in [2.24, 2.45) is 0 Å². The van der Waals surface area contributed by atoms with Crippen LogP contribution >= 0.6 is 11.6 Å². The van der Waals surface area contributed by atoms with Crippen molar-refractivity contribution in [1.82, 2.24) is 9.78 Å². The maximum absolute atomic E-state index is 12.2. The normalized spacial score (nSPS) is 10.6. The van der Waals surface area contributed by atoms with Crippen molar-refractivity contribution in [3.63, 3.8) is 0 Å². The third-order valence-electron chi connectivity index (χ3n) is 3.93. The van der Waals surface area contributed by atoms with Gasteiger partial charge in [0.15, 0.2) is 6.61 Å². The fourth-order valence-corrected chi connectivity index (χ4v) is 2.75. The lowest BCUT2D eigenvalue weighted by Gasteiger charge is -2.11. The van der Waals surface area contributed by atoms with Gasteiger partial charge < -0.3 is 10.1 Å². The molecule has 0 saturated heterocycles. The molecule has 134 valence electrons. The van der Waals surface area contributed by atoms with E-state index in [1.165, 1.54) is 5.56 Å². The van der Waals surface area contributed by atoms with Crippen molar-refractivity contribution in [2.45, 2.75) is 20.4 Å². The number of hydrogen-bond acceptors (Lipinski definition) is 3. The summed E-state index contributed by atoms with van der Waals surface area (Å²) in [6.45, 7) is 4.43. The van der Waals surface area contributed by atoms with Gasteiger partial charge in [0.1, 0.15) is 11.6 Å². The predicted octanol–water partition coefficient (Wildman–Crippen LogP) is 4.22. The van der Waals surface area contributed by atoms with Crippen LogP contribution in [0.15, 0.2) is 54.7 Å². The lowest BCUT2D eigenvalue weighted by Crippen LogP contribution is -2.22. The van der Waals surface area contributed by atoms with Crippen LogP contribution in [0.2, 0.25) is 5.02 Å². The molecule has 2 aromatic carbocycles. The first kappa shape index (κ1) is 18.0. The number of aryl methyl sites for hydroxylation is 2. The Morgan fingerprint density at radius 3 is 2.65 bits per heavy atom. The quantitative estimate of drug-likeness (QED) is 0.707. The molecule has 1 N–H and O–H groups in total. The zero-order valence-electron chi connectivity index (χ0n) is 14.7. The van der Waals surface area contributed by atoms with E-state index in [0.29, 0.717) is 23.1 Å². The number of carbonyl (C=O) groups excluding carboxylic acids is 1. The van der Waals surface area contributed by atoms with Crippen LogP contribution in [0, 0.1) is 13.8 Å². The molecule has 0 aliphatic carbocycles. The first-order valence-electron chi connectivity index (χ1n) is 8.27. The van der Waals surface area contributed by atoms with Gasteiger partial charge in [0.2, 0.25) is 0 Å². The second-order valence-electron chi connectivity index (χ2n) is 6.11. The third-order valence-corrected chi connectivity index (χ3v) is 4.17. The molecule has 0 bridgehead atoms. The summed E-state index contributed by atoms with van der Waals surface area (Å²) in [5.74, 6) is 1.02. The molecule has 0 unspecified atom stereocenters. The van der Waals surface area contributed by atoms with Gasteiger partial charge in [-0.25, -0.2) is 4.68 Å². The maximum Gasteiger partial charge on any atom is 0.263 e. The molecule has 26 heavy (non-hydrogen) atoms. The highest BCUT2D eigenvalue weighted by Crippen LogP contribution is 2.21. The third kappa shape index (κ3) is 4.64. The standard InChI is InChI=1S/C20H20ClN3O2/c1-14-3-5-16(6-4-14)12-24-19(9-10-22-24)23-20(25)13-26-18-8-7-17(21)11-15(18)2/h3-11H,12-13H2,1-2H3,(H,23,25). The molecule has 1 amide bonds. The topological polar surface area (TPSA) is 56.2 Å². The van der Waals surface area contributed by atoms with Gasteiger partial charge in [-0.1, -0.05) is 41.4 Å². The largest absolute Gasteiger partial charge is 0.483 e. The van der Waals surface area contributed by atoms with Crippen LogP contribution in [0.3, 0.4) is 0 Å². The molecule has 1 heterocycles. The summed E-state index contributed by atoms with van der Waals surface area (Å²) in [5, 5.41) is 7.75. The molecule has 3 rings (SSSR count). The molecule has 0 radical (unpaired) electrons. The summed E-state index contributed by atoms with van der Waals surface area (Å²) in [4.78, 5) is 12.2. The first-order chi connectivity index (χ1) is 12.5. The number of hydrogen-bond donors (Lipinski definition) is 1. The van der Waals surface area contributed by atoms with Crippen molar-refractivity contribution in [3.8, 4) is 5.75 Å². The number of ether oxygens (including phenoxy) is 1. The summed E-state index contributed by atoms with van der Waals surface area (Å²) in [6, 6.07) is 15.3. The Kier molecular flexibility index (Phi) is 5.58. The highest BCUT2D eigenvalue weighted by atomic mass is 35.5. The molecular formula is C20H20ClN3O2. The molecule has 0 aliphatic heterocycles. The first-order valence-corrected chi connectivity index (χ1v) is 8.65. The van der Waals surface area contributed by atoms with E-state index in [1.807, 2.05) is 13.8 Å². The minimum absolute atomic E-state index is 0.0851. The van der Waals surface area contributed by atoms with Gasteiger partial charge >= 0.3 is 0 Å². The number of aromatic nitrogens is 2. The van der Waals surface area contributed by atoms with Gasteiger partial charge in [-0.05, 0) is 43.2 Å². The average molecular weight is 370 g/mol. The summed E-state index contributed by atoms with van der Waals surface area (Å²) >= 11 is 5.92. The van der Waals surface area contributed by atoms with Crippen molar-refractivity contribution in [2.75, 3.05) is 11.9 Å². The number of amides is 1. The Bertz CT molecular complexity index is 904. The van der Waals surface area contributed by atoms with E-state index >= 15 is 0 Å². The lowest BCUT2D eigenvalue weighted by atomic mass is 10.1. The summed E-state index contributed by atoms with van der Waals surface area (Å²) < 4.78 is 7.32. The van der Waals surface area contributed by atoms with E-state index in [2.05, 4.69) is 34.7 Å². The van der Waals surface area contributed by atoms with Crippen molar-refractivity contribution < 1.29 is 9.53 Å². The number of benzene rings is 2. The molecule has 0 atom stereocenters. The van der Waals surface area contributed by atoms with Crippen LogP contribution in [0.25, 0.3) is 0 Å². The molecule has 0 fully saturated rings. The summed E-state index contributed by atoms with van der Waals surface area (Å²) in [5.41, 5.74) is 3.20. The van der Waals surface area contributed by atoms with Gasteiger partial charge in [-0.15, -0.1) is 0 Å². The predicted molar refractivity (Wildman–Crippen MR) is 103 cm³/mol. The second kappa shape index (κ2) is 8.06. The van der Waals surface area contributed by atoms with Gasteiger partial charge in [0.05, 0.1) is 12.7 Å². The van der Waals surface area contributed by atoms with Crippen LogP contribution in [0.1, 0.15) is 16.7 Å². The molecule has 3 aromatic rings. The number of halogens is 1. The highest BCUT2D eigenvalue weighted by molar-refractivity contribution is 6.30. The zero-order chi connectivity index (χ0) is 18.5. The monoisotopic (exact) mass is 369 g/mol. The van der Waals surface area contributed by atoms with Gasteiger partial charge in [-0.3, -0.25) is 4.79 Å². The SMILES string of the molecule is Cc1ccc(Cn2nccc2NC(=O)COc2ccc(Cl)cc2C)cc1. The van der Waals surface area contributed by atoms with Crippen LogP contribution in [-0.4, -0.2) is 22.3 Å². The Labute approximate surface area is 157 Å². The fourth-order valence-electron chi connectivity index (χ4n) is 2.53. The smallest absolute Gasteiger partial charge is 0.263 e. The van der Waals surface area contributed by atoms with E-state index in [-0.39, 0.29) is 12.5 Å². The number of nitrogens with one attached hydrogen (secondary N) is 1. The van der Waals surface area contributed by atoms with E-state index in [9.17, 15) is 4.79 Å². The molecule has 0 saturated carbocycles. The van der Waals surface area contributed by atoms with Crippen molar-refractivity contribution in [3.05, 3.63) is 76.4 Å². The van der Waals surface area contributed by atoms with Crippen molar-refractivity contribution >= 4 is 23.3 Å². The van der Waals surface area contributed by atoms with Gasteiger partial charge in [0.25, 0.3) is 5.91 Å². The number of nitrogens with zero attached hydrogens (tertiary/aromatic N) is 2. The zero-order valence-corrected chi connectivity index (χ0v) is 15.5. The number of anilines is 1. The molecule has 5 nitrogen and oxygen atoms in total. The van der Waals surface area contributed by atoms with Gasteiger partial charge in [0, 0.05) is 11.1 Å². The minimum Gasteiger partial charge on any atom is -0.483 e. The van der Waals surface area contributed by atoms with Crippen LogP contribution in [0.4, 0.5) is 5.82 Å². The molecule has 6 heteroatoms. The second-order valence-corrected chi connectivity index (χ2v) is 6.54. The fraction of sp³-hybridized carbons (Fsp3) is 0.200. The molecule has 1 aromatic heterocycles. The molecule has 0 spiro atoms. The number of rotatable bonds is 6. The average Bonchev–Trinajstić information content (AvgIpc) is 3.03. The Balaban J connectivity index is 1.59. The van der Waals surface area contributed by atoms with E-state index in [1.54, 1.807) is 35.1 Å². The molecular weight excluding hydrogens is 350 g/mol. The van der Waals surface area contributed by atoms with Crippen molar-refractivity contribution in [1.29, 1.82) is 0 Å². The maximum atomic E-state index is 12.2. The van der Waals surface area contributed by atoms with E-state index in [4.69, 9.17) is 16.3 Å². The number of carbonyl (C=O) groups is 1. The Morgan fingerprint density at radius 1 is 1.15 bits per heavy atom. The summed E-state index contributed by atoms with van der Waals surface area (Å²) in [6.07, 6.45) is 1.66. The lowest BCUT2D eigenvalue weighted by molar-refractivity contribution is -0.118. The van der Waals surface area contributed by atoms with Gasteiger partial charge in [-0.2, -0.15) is 5.10 Å².